The third-order valence-electron chi connectivity index (χ3n) is 6.26. The van der Waals surface area contributed by atoms with Gasteiger partial charge in [-0.15, -0.1) is 0 Å². The summed E-state index contributed by atoms with van der Waals surface area (Å²) in [5.74, 6) is 0.763. The number of benzene rings is 3. The van der Waals surface area contributed by atoms with Crippen LogP contribution in [0.5, 0.6) is 0 Å². The van der Waals surface area contributed by atoms with Crippen molar-refractivity contribution in [3.8, 4) is 0 Å². The van der Waals surface area contributed by atoms with Gasteiger partial charge in [-0.05, 0) is 55.2 Å². The van der Waals surface area contributed by atoms with Gasteiger partial charge in [-0.2, -0.15) is 0 Å². The van der Waals surface area contributed by atoms with E-state index in [0.29, 0.717) is 6.61 Å². The first-order chi connectivity index (χ1) is 17.0. The molecule has 0 aliphatic heterocycles. The molecule has 4 aromatic rings. The second-order valence-corrected chi connectivity index (χ2v) is 8.79. The van der Waals surface area contributed by atoms with Crippen LogP contribution in [0.4, 0.5) is 5.69 Å². The van der Waals surface area contributed by atoms with Gasteiger partial charge in [0.15, 0.2) is 0 Å². The Morgan fingerprint density at radius 2 is 1.77 bits per heavy atom. The van der Waals surface area contributed by atoms with E-state index in [1.54, 1.807) is 7.11 Å². The van der Waals surface area contributed by atoms with Crippen LogP contribution in [0.2, 0.25) is 0 Å². The first-order valence-corrected chi connectivity index (χ1v) is 12.1. The number of hydrogen-bond acceptors (Lipinski definition) is 3. The lowest BCUT2D eigenvalue weighted by atomic mass is 10.0. The smallest absolute Gasteiger partial charge is 0.247 e. The predicted molar refractivity (Wildman–Crippen MR) is 144 cm³/mol. The number of aromatic nitrogens is 2. The fraction of sp³-hybridized carbons (Fsp3) is 0.267. The van der Waals surface area contributed by atoms with E-state index in [2.05, 4.69) is 32.0 Å². The van der Waals surface area contributed by atoms with E-state index in [4.69, 9.17) is 9.72 Å². The standard InChI is InChI=1S/C30H33N3O2/c1-5-25-15-11-12-22(2)30(25)33(23(3)21-35-4)29(34)20-32-27-17-10-9-16-26(27)31-28(32)19-18-24-13-7-6-8-14-24/h6-19,23H,5,20-21H2,1-4H3/b19-18+/t23-/m0/s1. The first-order valence-electron chi connectivity index (χ1n) is 12.1. The lowest BCUT2D eigenvalue weighted by Crippen LogP contribution is -2.44. The maximum atomic E-state index is 14.0. The second kappa shape index (κ2) is 11.2. The largest absolute Gasteiger partial charge is 0.383 e. The third-order valence-corrected chi connectivity index (χ3v) is 6.26. The number of fused-ring (bicyclic) bond motifs is 1. The molecule has 4 rings (SSSR count). The Morgan fingerprint density at radius 3 is 2.51 bits per heavy atom. The Morgan fingerprint density at radius 1 is 1.03 bits per heavy atom. The maximum Gasteiger partial charge on any atom is 0.247 e. The molecule has 1 aromatic heterocycles. The number of methoxy groups -OCH3 is 1. The van der Waals surface area contributed by atoms with Crippen LogP contribution in [0.25, 0.3) is 23.2 Å². The summed E-state index contributed by atoms with van der Waals surface area (Å²) in [5.41, 5.74) is 6.11. The molecule has 0 aliphatic carbocycles. The molecule has 35 heavy (non-hydrogen) atoms. The summed E-state index contributed by atoms with van der Waals surface area (Å²) in [5, 5.41) is 0. The zero-order valence-electron chi connectivity index (χ0n) is 20.9. The highest BCUT2D eigenvalue weighted by Crippen LogP contribution is 2.29. The molecule has 5 heteroatoms. The lowest BCUT2D eigenvalue weighted by Gasteiger charge is -2.32. The molecule has 3 aromatic carbocycles. The van der Waals surface area contributed by atoms with Crippen LogP contribution in [-0.4, -0.2) is 35.2 Å². The Kier molecular flexibility index (Phi) is 7.78. The van der Waals surface area contributed by atoms with Crippen molar-refractivity contribution in [2.24, 2.45) is 0 Å². The highest BCUT2D eigenvalue weighted by molar-refractivity contribution is 5.96. The van der Waals surface area contributed by atoms with Gasteiger partial charge < -0.3 is 14.2 Å². The van der Waals surface area contributed by atoms with Crippen LogP contribution in [0.1, 0.15) is 36.4 Å². The molecule has 5 nitrogen and oxygen atoms in total. The Hall–Kier alpha value is -3.70. The summed E-state index contributed by atoms with van der Waals surface area (Å²) in [7, 11) is 1.67. The van der Waals surface area contributed by atoms with E-state index in [1.165, 1.54) is 0 Å². The molecule has 0 aliphatic rings. The molecular weight excluding hydrogens is 434 g/mol. The summed E-state index contributed by atoms with van der Waals surface area (Å²) in [6.45, 7) is 6.86. The number of para-hydroxylation sites is 3. The summed E-state index contributed by atoms with van der Waals surface area (Å²) >= 11 is 0. The van der Waals surface area contributed by atoms with Crippen LogP contribution in [0, 0.1) is 6.92 Å². The number of ether oxygens (including phenoxy) is 1. The van der Waals surface area contributed by atoms with E-state index < -0.39 is 0 Å². The zero-order chi connectivity index (χ0) is 24.8. The number of amides is 1. The minimum Gasteiger partial charge on any atom is -0.383 e. The number of aryl methyl sites for hydroxylation is 2. The molecule has 0 saturated carbocycles. The van der Waals surface area contributed by atoms with Gasteiger partial charge in [0.1, 0.15) is 12.4 Å². The SMILES string of the molecule is CCc1cccc(C)c1N(C(=O)Cn1c(/C=C/c2ccccc2)nc2ccccc21)[C@@H](C)COC. The first kappa shape index (κ1) is 24.4. The zero-order valence-corrected chi connectivity index (χ0v) is 20.9. The van der Waals surface area contributed by atoms with Gasteiger partial charge >= 0.3 is 0 Å². The van der Waals surface area contributed by atoms with Gasteiger partial charge in [0, 0.05) is 7.11 Å². The van der Waals surface area contributed by atoms with Crippen molar-refractivity contribution in [3.05, 3.63) is 95.3 Å². The maximum absolute atomic E-state index is 14.0. The van der Waals surface area contributed by atoms with E-state index >= 15 is 0 Å². The van der Waals surface area contributed by atoms with Crippen LogP contribution < -0.4 is 4.90 Å². The molecule has 1 heterocycles. The lowest BCUT2D eigenvalue weighted by molar-refractivity contribution is -0.119. The van der Waals surface area contributed by atoms with Crippen molar-refractivity contribution in [2.75, 3.05) is 18.6 Å². The van der Waals surface area contributed by atoms with Crippen LogP contribution in [0.15, 0.2) is 72.8 Å². The van der Waals surface area contributed by atoms with Gasteiger partial charge in [0.05, 0.1) is 29.4 Å². The van der Waals surface area contributed by atoms with Gasteiger partial charge in [0.2, 0.25) is 5.91 Å². The Labute approximate surface area is 207 Å². The van der Waals surface area contributed by atoms with Crippen LogP contribution in [0.3, 0.4) is 0 Å². The Bertz CT molecular complexity index is 1320. The topological polar surface area (TPSA) is 47.4 Å². The summed E-state index contributed by atoms with van der Waals surface area (Å²) in [6.07, 6.45) is 4.86. The Balaban J connectivity index is 1.76. The highest BCUT2D eigenvalue weighted by Gasteiger charge is 2.26. The van der Waals surface area contributed by atoms with E-state index in [-0.39, 0.29) is 18.5 Å². The molecule has 0 radical (unpaired) electrons. The highest BCUT2D eigenvalue weighted by atomic mass is 16.5. The van der Waals surface area contributed by atoms with Crippen LogP contribution >= 0.6 is 0 Å². The van der Waals surface area contributed by atoms with E-state index in [1.807, 2.05) is 83.1 Å². The van der Waals surface area contributed by atoms with Crippen molar-refractivity contribution < 1.29 is 9.53 Å². The van der Waals surface area contributed by atoms with Crippen molar-refractivity contribution in [2.45, 2.75) is 39.8 Å². The number of carbonyl (C=O) groups excluding carboxylic acids is 1. The number of anilines is 1. The molecule has 0 bridgehead atoms. The summed E-state index contributed by atoms with van der Waals surface area (Å²) in [4.78, 5) is 20.8. The molecule has 180 valence electrons. The summed E-state index contributed by atoms with van der Waals surface area (Å²) < 4.78 is 7.47. The van der Waals surface area contributed by atoms with Gasteiger partial charge in [-0.3, -0.25) is 4.79 Å². The summed E-state index contributed by atoms with van der Waals surface area (Å²) in [6, 6.07) is 24.2. The van der Waals surface area contributed by atoms with Crippen LogP contribution in [-0.2, 0) is 22.5 Å². The number of imidazole rings is 1. The fourth-order valence-electron chi connectivity index (χ4n) is 4.59. The van der Waals surface area contributed by atoms with Crippen molar-refractivity contribution >= 4 is 34.8 Å². The molecule has 0 spiro atoms. The third kappa shape index (κ3) is 5.36. The average Bonchev–Trinajstić information content (AvgIpc) is 3.22. The second-order valence-electron chi connectivity index (χ2n) is 8.79. The van der Waals surface area contributed by atoms with Gasteiger partial charge in [-0.1, -0.05) is 73.7 Å². The van der Waals surface area contributed by atoms with Crippen molar-refractivity contribution in [1.82, 2.24) is 9.55 Å². The molecular formula is C30H33N3O2. The van der Waals surface area contributed by atoms with Gasteiger partial charge in [-0.25, -0.2) is 4.98 Å². The number of nitrogens with zero attached hydrogens (tertiary/aromatic N) is 3. The van der Waals surface area contributed by atoms with Gasteiger partial charge in [0.25, 0.3) is 0 Å². The monoisotopic (exact) mass is 467 g/mol. The van der Waals surface area contributed by atoms with Crippen molar-refractivity contribution in [3.63, 3.8) is 0 Å². The minimum absolute atomic E-state index is 0.0102. The average molecular weight is 468 g/mol. The van der Waals surface area contributed by atoms with E-state index in [9.17, 15) is 4.79 Å². The molecule has 0 unspecified atom stereocenters. The molecule has 1 atom stereocenters. The molecule has 0 N–H and O–H groups in total. The normalized spacial score (nSPS) is 12.3. The minimum atomic E-state index is -0.114. The fourth-order valence-corrected chi connectivity index (χ4v) is 4.59. The number of carbonyl (C=O) groups is 1. The predicted octanol–water partition coefficient (Wildman–Crippen LogP) is 6.15. The quantitative estimate of drug-likeness (QED) is 0.297. The molecule has 0 fully saturated rings. The van der Waals surface area contributed by atoms with Crippen molar-refractivity contribution in [1.29, 1.82) is 0 Å². The molecule has 1 amide bonds. The van der Waals surface area contributed by atoms with E-state index in [0.717, 1.165) is 45.7 Å². The number of rotatable bonds is 9. The number of hydrogen-bond donors (Lipinski definition) is 0. The molecule has 0 saturated heterocycles.